The topological polar surface area (TPSA) is 44.5 Å². The molecule has 0 aliphatic carbocycles. The van der Waals surface area contributed by atoms with Gasteiger partial charge in [0.25, 0.3) is 0 Å². The lowest BCUT2D eigenvalue weighted by Crippen LogP contribution is -2.38. The number of rotatable bonds is 2. The first kappa shape index (κ1) is 10.6. The summed E-state index contributed by atoms with van der Waals surface area (Å²) in [5, 5.41) is 2.03. The number of nitrogens with two attached hydrogens (primary N) is 1. The number of thiophene rings is 1. The van der Waals surface area contributed by atoms with Gasteiger partial charge < -0.3 is 15.2 Å². The van der Waals surface area contributed by atoms with E-state index < -0.39 is 0 Å². The van der Waals surface area contributed by atoms with Gasteiger partial charge in [-0.25, -0.2) is 0 Å². The Balaban J connectivity index is 1.96. The van der Waals surface area contributed by atoms with E-state index >= 15 is 0 Å². The second-order valence-electron chi connectivity index (χ2n) is 3.89. The van der Waals surface area contributed by atoms with Crippen molar-refractivity contribution >= 4 is 11.3 Å². The zero-order valence-corrected chi connectivity index (χ0v) is 10.0. The number of hydrogen-bond acceptors (Lipinski definition) is 4. The summed E-state index contributed by atoms with van der Waals surface area (Å²) in [4.78, 5) is 1.15. The highest BCUT2D eigenvalue weighted by atomic mass is 32.1. The van der Waals surface area contributed by atoms with Gasteiger partial charge in [0.1, 0.15) is 0 Å². The van der Waals surface area contributed by atoms with E-state index in [1.54, 1.807) is 11.3 Å². The SMILES string of the molecule is NCC1Oc2ccccc2OC1c1cccs1. The van der Waals surface area contributed by atoms with E-state index in [0.29, 0.717) is 6.54 Å². The van der Waals surface area contributed by atoms with Crippen LogP contribution in [0.5, 0.6) is 11.5 Å². The maximum absolute atomic E-state index is 5.99. The van der Waals surface area contributed by atoms with E-state index in [4.69, 9.17) is 15.2 Å². The van der Waals surface area contributed by atoms with Crippen molar-refractivity contribution in [3.8, 4) is 11.5 Å². The van der Waals surface area contributed by atoms with Crippen molar-refractivity contribution < 1.29 is 9.47 Å². The molecule has 3 rings (SSSR count). The highest BCUT2D eigenvalue weighted by Crippen LogP contribution is 2.39. The normalized spacial score (nSPS) is 22.4. The van der Waals surface area contributed by atoms with Gasteiger partial charge in [-0.1, -0.05) is 18.2 Å². The first-order valence-corrected chi connectivity index (χ1v) is 6.42. The van der Waals surface area contributed by atoms with Gasteiger partial charge in [-0.2, -0.15) is 0 Å². The van der Waals surface area contributed by atoms with Gasteiger partial charge in [-0.05, 0) is 23.6 Å². The van der Waals surface area contributed by atoms with E-state index in [9.17, 15) is 0 Å². The molecule has 1 aromatic carbocycles. The van der Waals surface area contributed by atoms with Crippen LogP contribution in [0, 0.1) is 0 Å². The minimum atomic E-state index is -0.122. The standard InChI is InChI=1S/C13H13NO2S/c14-8-11-13(12-6-3-7-17-12)16-10-5-2-1-4-9(10)15-11/h1-7,11,13H,8,14H2. The molecule has 0 amide bonds. The first-order valence-electron chi connectivity index (χ1n) is 5.54. The second-order valence-corrected chi connectivity index (χ2v) is 4.87. The number of benzene rings is 1. The van der Waals surface area contributed by atoms with Gasteiger partial charge in [-0.15, -0.1) is 11.3 Å². The van der Waals surface area contributed by atoms with Gasteiger partial charge in [0.05, 0.1) is 0 Å². The van der Waals surface area contributed by atoms with E-state index in [1.165, 1.54) is 0 Å². The minimum absolute atomic E-state index is 0.102. The maximum Gasteiger partial charge on any atom is 0.171 e. The molecule has 0 saturated heterocycles. The van der Waals surface area contributed by atoms with Crippen LogP contribution < -0.4 is 15.2 Å². The smallest absolute Gasteiger partial charge is 0.171 e. The zero-order chi connectivity index (χ0) is 11.7. The fourth-order valence-electron chi connectivity index (χ4n) is 1.95. The van der Waals surface area contributed by atoms with Crippen molar-refractivity contribution in [2.75, 3.05) is 6.54 Å². The van der Waals surface area contributed by atoms with E-state index in [1.807, 2.05) is 35.7 Å². The summed E-state index contributed by atoms with van der Waals surface area (Å²) in [6.45, 7) is 0.441. The molecule has 1 aromatic heterocycles. The van der Waals surface area contributed by atoms with Crippen LogP contribution in [0.25, 0.3) is 0 Å². The molecular formula is C13H13NO2S. The monoisotopic (exact) mass is 247 g/mol. The van der Waals surface area contributed by atoms with Gasteiger partial charge in [0.15, 0.2) is 23.7 Å². The summed E-state index contributed by atoms with van der Waals surface area (Å²) >= 11 is 1.66. The van der Waals surface area contributed by atoms with Gasteiger partial charge in [0.2, 0.25) is 0 Å². The Morgan fingerprint density at radius 2 is 1.82 bits per heavy atom. The largest absolute Gasteiger partial charge is 0.481 e. The van der Waals surface area contributed by atoms with E-state index in [2.05, 4.69) is 6.07 Å². The molecule has 1 aliphatic heterocycles. The highest BCUT2D eigenvalue weighted by Gasteiger charge is 2.32. The van der Waals surface area contributed by atoms with Gasteiger partial charge >= 0.3 is 0 Å². The Kier molecular flexibility index (Phi) is 2.74. The van der Waals surface area contributed by atoms with Crippen molar-refractivity contribution in [1.82, 2.24) is 0 Å². The molecule has 0 fully saturated rings. The Morgan fingerprint density at radius 3 is 2.47 bits per heavy atom. The molecule has 2 heterocycles. The molecular weight excluding hydrogens is 234 g/mol. The first-order chi connectivity index (χ1) is 8.38. The number of hydrogen-bond donors (Lipinski definition) is 1. The van der Waals surface area contributed by atoms with Crippen LogP contribution in [0.4, 0.5) is 0 Å². The number of fused-ring (bicyclic) bond motifs is 1. The maximum atomic E-state index is 5.99. The highest BCUT2D eigenvalue weighted by molar-refractivity contribution is 7.10. The van der Waals surface area contributed by atoms with Crippen molar-refractivity contribution in [2.24, 2.45) is 5.73 Å². The van der Waals surface area contributed by atoms with Crippen molar-refractivity contribution in [3.05, 3.63) is 46.7 Å². The van der Waals surface area contributed by atoms with E-state index in [-0.39, 0.29) is 12.2 Å². The van der Waals surface area contributed by atoms with Crippen LogP contribution in [0.15, 0.2) is 41.8 Å². The average molecular weight is 247 g/mol. The van der Waals surface area contributed by atoms with Crippen molar-refractivity contribution in [3.63, 3.8) is 0 Å². The van der Waals surface area contributed by atoms with Crippen LogP contribution in [0.2, 0.25) is 0 Å². The van der Waals surface area contributed by atoms with Crippen LogP contribution in [0.3, 0.4) is 0 Å². The third-order valence-electron chi connectivity index (χ3n) is 2.78. The Hall–Kier alpha value is -1.52. The third kappa shape index (κ3) is 1.90. The zero-order valence-electron chi connectivity index (χ0n) is 9.21. The molecule has 4 heteroatoms. The summed E-state index contributed by atoms with van der Waals surface area (Å²) in [5.74, 6) is 1.56. The summed E-state index contributed by atoms with van der Waals surface area (Å²) in [5.41, 5.74) is 5.76. The fourth-order valence-corrected chi connectivity index (χ4v) is 2.75. The molecule has 0 radical (unpaired) electrons. The molecule has 2 unspecified atom stereocenters. The van der Waals surface area contributed by atoms with Gasteiger partial charge in [0, 0.05) is 11.4 Å². The average Bonchev–Trinajstić information content (AvgIpc) is 2.91. The van der Waals surface area contributed by atoms with E-state index in [0.717, 1.165) is 16.4 Å². The lowest BCUT2D eigenvalue weighted by molar-refractivity contribution is 0.0270. The molecule has 3 nitrogen and oxygen atoms in total. The number of ether oxygens (including phenoxy) is 2. The molecule has 0 saturated carbocycles. The Bertz CT molecular complexity index is 498. The third-order valence-corrected chi connectivity index (χ3v) is 3.71. The van der Waals surface area contributed by atoms with Crippen molar-refractivity contribution in [1.29, 1.82) is 0 Å². The lowest BCUT2D eigenvalue weighted by atomic mass is 10.1. The molecule has 0 bridgehead atoms. The lowest BCUT2D eigenvalue weighted by Gasteiger charge is -2.32. The molecule has 2 aromatic rings. The molecule has 1 aliphatic rings. The molecule has 2 atom stereocenters. The molecule has 0 spiro atoms. The van der Waals surface area contributed by atoms with Crippen LogP contribution in [-0.4, -0.2) is 12.6 Å². The van der Waals surface area contributed by atoms with Crippen molar-refractivity contribution in [2.45, 2.75) is 12.2 Å². The molecule has 88 valence electrons. The summed E-state index contributed by atoms with van der Waals surface area (Å²) in [6.07, 6.45) is -0.224. The fraction of sp³-hybridized carbons (Fsp3) is 0.231. The predicted octanol–water partition coefficient (Wildman–Crippen LogP) is 2.59. The summed E-state index contributed by atoms with van der Waals surface area (Å²) in [7, 11) is 0. The van der Waals surface area contributed by atoms with Crippen LogP contribution >= 0.6 is 11.3 Å². The molecule has 2 N–H and O–H groups in total. The summed E-state index contributed by atoms with van der Waals surface area (Å²) in [6, 6.07) is 11.8. The minimum Gasteiger partial charge on any atom is -0.481 e. The second kappa shape index (κ2) is 4.39. The molecule has 17 heavy (non-hydrogen) atoms. The predicted molar refractivity (Wildman–Crippen MR) is 67.6 cm³/mol. The van der Waals surface area contributed by atoms with Gasteiger partial charge in [-0.3, -0.25) is 0 Å². The summed E-state index contributed by atoms with van der Waals surface area (Å²) < 4.78 is 11.9. The van der Waals surface area contributed by atoms with Crippen LogP contribution in [-0.2, 0) is 0 Å². The Morgan fingerprint density at radius 1 is 1.06 bits per heavy atom. The number of para-hydroxylation sites is 2. The quantitative estimate of drug-likeness (QED) is 0.887. The Labute approximate surface area is 104 Å². The van der Waals surface area contributed by atoms with Crippen LogP contribution in [0.1, 0.15) is 11.0 Å².